The lowest BCUT2D eigenvalue weighted by Gasteiger charge is -2.11. The molecule has 3 aromatic carbocycles. The van der Waals surface area contributed by atoms with Crippen LogP contribution in [0.3, 0.4) is 0 Å². The number of amides is 1. The molecule has 1 amide bonds. The van der Waals surface area contributed by atoms with Crippen molar-refractivity contribution in [3.8, 4) is 0 Å². The number of aromatic amines is 1. The molecule has 0 radical (unpaired) electrons. The van der Waals surface area contributed by atoms with Gasteiger partial charge in [-0.2, -0.15) is 0 Å². The van der Waals surface area contributed by atoms with Gasteiger partial charge < -0.3 is 10.3 Å². The lowest BCUT2D eigenvalue weighted by atomic mass is 10.1. The van der Waals surface area contributed by atoms with E-state index < -0.39 is 0 Å². The van der Waals surface area contributed by atoms with E-state index in [1.807, 2.05) is 56.3 Å². The molecule has 31 heavy (non-hydrogen) atoms. The van der Waals surface area contributed by atoms with Crippen molar-refractivity contribution in [1.29, 1.82) is 0 Å². The SMILES string of the molecule is Cc1cc(C)cc(NC(=O)c2ccc3c(=O)n(Cc4cccc(Br)c4)c(=S)[nH]c3c2)c1. The molecule has 0 fully saturated rings. The molecule has 156 valence electrons. The maximum atomic E-state index is 13.0. The Kier molecular flexibility index (Phi) is 5.89. The molecular weight excluding hydrogens is 474 g/mol. The maximum absolute atomic E-state index is 13.0. The predicted molar refractivity (Wildman–Crippen MR) is 131 cm³/mol. The summed E-state index contributed by atoms with van der Waals surface area (Å²) in [6, 6.07) is 18.6. The first-order valence-corrected chi connectivity index (χ1v) is 10.9. The molecular formula is C24H20BrN3O2S. The summed E-state index contributed by atoms with van der Waals surface area (Å²) in [6.45, 7) is 4.33. The van der Waals surface area contributed by atoms with Gasteiger partial charge in [0.05, 0.1) is 17.4 Å². The first-order valence-electron chi connectivity index (χ1n) is 9.71. The fraction of sp³-hybridized carbons (Fsp3) is 0.125. The van der Waals surface area contributed by atoms with E-state index >= 15 is 0 Å². The number of carbonyl (C=O) groups is 1. The summed E-state index contributed by atoms with van der Waals surface area (Å²) in [5.74, 6) is -0.246. The Morgan fingerprint density at radius 3 is 2.52 bits per heavy atom. The average molecular weight is 494 g/mol. The van der Waals surface area contributed by atoms with Crippen molar-refractivity contribution >= 4 is 50.6 Å². The minimum atomic E-state index is -0.246. The van der Waals surface area contributed by atoms with Gasteiger partial charge in [-0.1, -0.05) is 34.1 Å². The van der Waals surface area contributed by atoms with Crippen LogP contribution in [0.5, 0.6) is 0 Å². The zero-order valence-corrected chi connectivity index (χ0v) is 19.4. The summed E-state index contributed by atoms with van der Waals surface area (Å²) in [5.41, 5.74) is 4.63. The van der Waals surface area contributed by atoms with Crippen LogP contribution >= 0.6 is 28.1 Å². The van der Waals surface area contributed by atoms with Crippen molar-refractivity contribution in [2.45, 2.75) is 20.4 Å². The minimum absolute atomic E-state index is 0.194. The predicted octanol–water partition coefficient (Wildman–Crippen LogP) is 5.74. The number of hydrogen-bond acceptors (Lipinski definition) is 3. The second-order valence-electron chi connectivity index (χ2n) is 7.54. The average Bonchev–Trinajstić information content (AvgIpc) is 2.70. The third-order valence-corrected chi connectivity index (χ3v) is 5.77. The highest BCUT2D eigenvalue weighted by Gasteiger charge is 2.12. The number of nitrogens with zero attached hydrogens (tertiary/aromatic N) is 1. The number of H-pyrrole nitrogens is 1. The second-order valence-corrected chi connectivity index (χ2v) is 8.84. The second kappa shape index (κ2) is 8.61. The van der Waals surface area contributed by atoms with Gasteiger partial charge in [0.25, 0.3) is 11.5 Å². The highest BCUT2D eigenvalue weighted by molar-refractivity contribution is 9.10. The molecule has 0 unspecified atom stereocenters. The molecule has 4 aromatic rings. The summed E-state index contributed by atoms with van der Waals surface area (Å²) in [5, 5.41) is 3.39. The van der Waals surface area contributed by atoms with Gasteiger partial charge in [-0.15, -0.1) is 0 Å². The zero-order valence-electron chi connectivity index (χ0n) is 17.0. The smallest absolute Gasteiger partial charge is 0.262 e. The fourth-order valence-electron chi connectivity index (χ4n) is 3.61. The molecule has 0 saturated carbocycles. The van der Waals surface area contributed by atoms with E-state index in [4.69, 9.17) is 12.2 Å². The van der Waals surface area contributed by atoms with Crippen LogP contribution in [0.4, 0.5) is 5.69 Å². The summed E-state index contributed by atoms with van der Waals surface area (Å²) in [4.78, 5) is 28.9. The number of halogens is 1. The molecule has 0 spiro atoms. The van der Waals surface area contributed by atoms with Crippen LogP contribution in [0.1, 0.15) is 27.0 Å². The lowest BCUT2D eigenvalue weighted by Crippen LogP contribution is -2.23. The standard InChI is InChI=1S/C24H20BrN3O2S/c1-14-8-15(2)10-19(9-14)26-22(29)17-6-7-20-21(12-17)27-24(31)28(23(20)30)13-16-4-3-5-18(25)11-16/h3-12H,13H2,1-2H3,(H,26,29)(H,27,31). The van der Waals surface area contributed by atoms with Crippen molar-refractivity contribution in [2.75, 3.05) is 5.32 Å². The van der Waals surface area contributed by atoms with Gasteiger partial charge in [0.2, 0.25) is 0 Å². The van der Waals surface area contributed by atoms with Crippen LogP contribution in [0.25, 0.3) is 10.9 Å². The number of nitrogens with one attached hydrogen (secondary N) is 2. The molecule has 0 bridgehead atoms. The lowest BCUT2D eigenvalue weighted by molar-refractivity contribution is 0.102. The molecule has 0 atom stereocenters. The van der Waals surface area contributed by atoms with Crippen LogP contribution in [-0.2, 0) is 6.54 Å². The highest BCUT2D eigenvalue weighted by Crippen LogP contribution is 2.17. The van der Waals surface area contributed by atoms with Crippen LogP contribution in [-0.4, -0.2) is 15.5 Å². The Balaban J connectivity index is 1.67. The van der Waals surface area contributed by atoms with Crippen molar-refractivity contribution in [3.63, 3.8) is 0 Å². The van der Waals surface area contributed by atoms with Gasteiger partial charge in [0, 0.05) is 15.7 Å². The summed E-state index contributed by atoms with van der Waals surface area (Å²) in [6.07, 6.45) is 0. The van der Waals surface area contributed by atoms with Gasteiger partial charge in [0.15, 0.2) is 4.77 Å². The molecule has 2 N–H and O–H groups in total. The van der Waals surface area contributed by atoms with Gasteiger partial charge in [-0.25, -0.2) is 0 Å². The molecule has 1 aromatic heterocycles. The number of aryl methyl sites for hydroxylation is 2. The number of hydrogen-bond donors (Lipinski definition) is 2. The van der Waals surface area contributed by atoms with Crippen molar-refractivity contribution in [2.24, 2.45) is 0 Å². The zero-order chi connectivity index (χ0) is 22.1. The first-order chi connectivity index (χ1) is 14.8. The molecule has 1 heterocycles. The summed E-state index contributed by atoms with van der Waals surface area (Å²) < 4.78 is 2.77. The van der Waals surface area contributed by atoms with Crippen LogP contribution in [0.15, 0.2) is 69.9 Å². The van der Waals surface area contributed by atoms with E-state index in [0.717, 1.165) is 26.9 Å². The van der Waals surface area contributed by atoms with Crippen LogP contribution in [0.2, 0.25) is 0 Å². The monoisotopic (exact) mass is 493 g/mol. The molecule has 4 rings (SSSR count). The third kappa shape index (κ3) is 4.68. The number of anilines is 1. The Morgan fingerprint density at radius 2 is 1.81 bits per heavy atom. The molecule has 0 aliphatic carbocycles. The Labute approximate surface area is 192 Å². The summed E-state index contributed by atoms with van der Waals surface area (Å²) in [7, 11) is 0. The molecule has 5 nitrogen and oxygen atoms in total. The maximum Gasteiger partial charge on any atom is 0.262 e. The number of aromatic nitrogens is 2. The van der Waals surface area contributed by atoms with Crippen LogP contribution < -0.4 is 10.9 Å². The quantitative estimate of drug-likeness (QED) is 0.356. The van der Waals surface area contributed by atoms with E-state index in [-0.39, 0.29) is 11.5 Å². The largest absolute Gasteiger partial charge is 0.332 e. The Bertz CT molecular complexity index is 1420. The van der Waals surface area contributed by atoms with Crippen molar-refractivity contribution in [1.82, 2.24) is 9.55 Å². The fourth-order valence-corrected chi connectivity index (χ4v) is 4.31. The first kappa shape index (κ1) is 21.2. The molecule has 0 aliphatic rings. The molecule has 7 heteroatoms. The van der Waals surface area contributed by atoms with E-state index in [1.165, 1.54) is 4.57 Å². The molecule has 0 aliphatic heterocycles. The number of benzene rings is 3. The van der Waals surface area contributed by atoms with Gasteiger partial charge in [-0.3, -0.25) is 14.2 Å². The van der Waals surface area contributed by atoms with Gasteiger partial charge in [-0.05, 0) is 85.2 Å². The number of rotatable bonds is 4. The number of fused-ring (bicyclic) bond motifs is 1. The van der Waals surface area contributed by atoms with Crippen LogP contribution in [0, 0.1) is 18.6 Å². The van der Waals surface area contributed by atoms with E-state index in [9.17, 15) is 9.59 Å². The highest BCUT2D eigenvalue weighted by atomic mass is 79.9. The van der Waals surface area contributed by atoms with Gasteiger partial charge >= 0.3 is 0 Å². The molecule has 0 saturated heterocycles. The van der Waals surface area contributed by atoms with E-state index in [1.54, 1.807) is 18.2 Å². The van der Waals surface area contributed by atoms with Gasteiger partial charge in [0.1, 0.15) is 0 Å². The third-order valence-electron chi connectivity index (χ3n) is 4.95. The topological polar surface area (TPSA) is 66.9 Å². The van der Waals surface area contributed by atoms with E-state index in [0.29, 0.717) is 27.8 Å². The summed E-state index contributed by atoms with van der Waals surface area (Å²) >= 11 is 8.88. The number of carbonyl (C=O) groups excluding carboxylic acids is 1. The Morgan fingerprint density at radius 1 is 1.06 bits per heavy atom. The van der Waals surface area contributed by atoms with Crippen molar-refractivity contribution < 1.29 is 4.79 Å². The van der Waals surface area contributed by atoms with E-state index in [2.05, 4.69) is 26.2 Å². The minimum Gasteiger partial charge on any atom is -0.332 e. The normalized spacial score (nSPS) is 10.9. The van der Waals surface area contributed by atoms with Crippen molar-refractivity contribution in [3.05, 3.63) is 103 Å². The Hall–Kier alpha value is -3.03.